The van der Waals surface area contributed by atoms with E-state index in [1.54, 1.807) is 0 Å². The molecule has 116 valence electrons. The van der Waals surface area contributed by atoms with Crippen LogP contribution in [-0.2, 0) is 4.79 Å². The molecule has 20 heavy (non-hydrogen) atoms. The van der Waals surface area contributed by atoms with Crippen LogP contribution in [0.15, 0.2) is 0 Å². The molecule has 0 bridgehead atoms. The lowest BCUT2D eigenvalue weighted by molar-refractivity contribution is -0.122. The minimum absolute atomic E-state index is 0.182. The molecular formula is C15H30N4O. The Morgan fingerprint density at radius 3 is 2.45 bits per heavy atom. The largest absolute Gasteiger partial charge is 0.354 e. The lowest BCUT2D eigenvalue weighted by Gasteiger charge is -2.21. The summed E-state index contributed by atoms with van der Waals surface area (Å²) in [5, 5.41) is 6.44. The molecule has 2 N–H and O–H groups in total. The molecule has 0 radical (unpaired) electrons. The summed E-state index contributed by atoms with van der Waals surface area (Å²) in [6, 6.07) is 0. The van der Waals surface area contributed by atoms with E-state index >= 15 is 0 Å². The Hall–Kier alpha value is -0.650. The molecule has 2 aliphatic rings. The lowest BCUT2D eigenvalue weighted by atomic mass is 10.2. The highest BCUT2D eigenvalue weighted by atomic mass is 16.2. The number of rotatable bonds is 5. The maximum Gasteiger partial charge on any atom is 0.234 e. The normalized spacial score (nSPS) is 23.0. The molecule has 5 heteroatoms. The summed E-state index contributed by atoms with van der Waals surface area (Å²) >= 11 is 0. The third-order valence-corrected chi connectivity index (χ3v) is 4.25. The van der Waals surface area contributed by atoms with Crippen LogP contribution in [0.4, 0.5) is 0 Å². The van der Waals surface area contributed by atoms with Gasteiger partial charge in [0.2, 0.25) is 5.91 Å². The Balaban J connectivity index is 1.57. The van der Waals surface area contributed by atoms with Gasteiger partial charge in [0.05, 0.1) is 6.54 Å². The monoisotopic (exact) mass is 282 g/mol. The predicted molar refractivity (Wildman–Crippen MR) is 81.8 cm³/mol. The Bertz CT molecular complexity index is 269. The number of likely N-dealkylation sites (tertiary alicyclic amines) is 1. The van der Waals surface area contributed by atoms with Gasteiger partial charge in [-0.1, -0.05) is 12.8 Å². The van der Waals surface area contributed by atoms with Crippen molar-refractivity contribution in [1.82, 2.24) is 20.4 Å². The number of amides is 1. The molecular weight excluding hydrogens is 252 g/mol. The number of nitrogens with zero attached hydrogens (tertiary/aromatic N) is 2. The molecule has 2 rings (SSSR count). The lowest BCUT2D eigenvalue weighted by Crippen LogP contribution is -2.41. The first-order chi connectivity index (χ1) is 9.84. The van der Waals surface area contributed by atoms with Crippen LogP contribution in [0.25, 0.3) is 0 Å². The second-order valence-electron chi connectivity index (χ2n) is 5.99. The average molecular weight is 282 g/mol. The van der Waals surface area contributed by atoms with E-state index in [-0.39, 0.29) is 5.91 Å². The van der Waals surface area contributed by atoms with Crippen molar-refractivity contribution in [3.05, 3.63) is 0 Å². The number of carbonyl (C=O) groups is 1. The second-order valence-corrected chi connectivity index (χ2v) is 5.99. The summed E-state index contributed by atoms with van der Waals surface area (Å²) in [6.07, 6.45) is 6.50. The zero-order valence-corrected chi connectivity index (χ0v) is 12.7. The van der Waals surface area contributed by atoms with Gasteiger partial charge in [-0.2, -0.15) is 0 Å². The maximum atomic E-state index is 11.9. The molecule has 2 aliphatic heterocycles. The average Bonchev–Trinajstić information content (AvgIpc) is 2.83. The van der Waals surface area contributed by atoms with Crippen molar-refractivity contribution >= 4 is 5.91 Å². The van der Waals surface area contributed by atoms with Crippen molar-refractivity contribution in [2.24, 2.45) is 0 Å². The predicted octanol–water partition coefficient (Wildman–Crippen LogP) is 0.274. The van der Waals surface area contributed by atoms with E-state index < -0.39 is 0 Å². The Kier molecular flexibility index (Phi) is 7.33. The molecule has 0 aliphatic carbocycles. The van der Waals surface area contributed by atoms with Crippen LogP contribution in [-0.4, -0.2) is 74.6 Å². The van der Waals surface area contributed by atoms with Gasteiger partial charge in [-0.05, 0) is 45.4 Å². The number of nitrogens with one attached hydrogen (secondary N) is 2. The van der Waals surface area contributed by atoms with Crippen molar-refractivity contribution in [1.29, 1.82) is 0 Å². The van der Waals surface area contributed by atoms with E-state index in [0.717, 1.165) is 45.7 Å². The zero-order chi connectivity index (χ0) is 14.0. The highest BCUT2D eigenvalue weighted by Crippen LogP contribution is 2.08. The van der Waals surface area contributed by atoms with Gasteiger partial charge in [0.15, 0.2) is 0 Å². The summed E-state index contributed by atoms with van der Waals surface area (Å²) in [7, 11) is 0. The molecule has 2 fully saturated rings. The summed E-state index contributed by atoms with van der Waals surface area (Å²) in [6.45, 7) is 8.86. The summed E-state index contributed by atoms with van der Waals surface area (Å²) in [5.74, 6) is 0.182. The molecule has 5 nitrogen and oxygen atoms in total. The van der Waals surface area contributed by atoms with Crippen LogP contribution in [0.1, 0.15) is 32.1 Å². The van der Waals surface area contributed by atoms with Gasteiger partial charge in [0.25, 0.3) is 0 Å². The molecule has 0 atom stereocenters. The fourth-order valence-corrected chi connectivity index (χ4v) is 3.03. The molecule has 0 aromatic carbocycles. The van der Waals surface area contributed by atoms with Gasteiger partial charge < -0.3 is 15.5 Å². The van der Waals surface area contributed by atoms with E-state index in [0.29, 0.717) is 6.54 Å². The van der Waals surface area contributed by atoms with Gasteiger partial charge in [0, 0.05) is 26.2 Å². The van der Waals surface area contributed by atoms with Crippen molar-refractivity contribution in [3.8, 4) is 0 Å². The summed E-state index contributed by atoms with van der Waals surface area (Å²) in [5.41, 5.74) is 0. The van der Waals surface area contributed by atoms with Gasteiger partial charge in [-0.3, -0.25) is 9.69 Å². The van der Waals surface area contributed by atoms with Crippen LogP contribution < -0.4 is 10.6 Å². The fourth-order valence-electron chi connectivity index (χ4n) is 3.03. The van der Waals surface area contributed by atoms with Crippen LogP contribution in [0, 0.1) is 0 Å². The molecule has 1 amide bonds. The van der Waals surface area contributed by atoms with E-state index in [2.05, 4.69) is 20.4 Å². The van der Waals surface area contributed by atoms with E-state index in [4.69, 9.17) is 0 Å². The SMILES string of the molecule is O=C(CN1CCCNCC1)NCCN1CCCCCC1. The Morgan fingerprint density at radius 1 is 0.900 bits per heavy atom. The standard InChI is InChI=1S/C15H30N4O/c20-15(14-19-11-5-6-16-7-12-19)17-8-13-18-9-3-1-2-4-10-18/h16H,1-14H2,(H,17,20). The summed E-state index contributed by atoms with van der Waals surface area (Å²) < 4.78 is 0. The highest BCUT2D eigenvalue weighted by Gasteiger charge is 2.13. The van der Waals surface area contributed by atoms with Crippen LogP contribution >= 0.6 is 0 Å². The first kappa shape index (κ1) is 15.7. The minimum atomic E-state index is 0.182. The topological polar surface area (TPSA) is 47.6 Å². The van der Waals surface area contributed by atoms with Crippen molar-refractivity contribution in [3.63, 3.8) is 0 Å². The third kappa shape index (κ3) is 6.20. The molecule has 0 aromatic heterocycles. The summed E-state index contributed by atoms with van der Waals surface area (Å²) in [4.78, 5) is 16.7. The van der Waals surface area contributed by atoms with Crippen LogP contribution in [0.3, 0.4) is 0 Å². The quantitative estimate of drug-likeness (QED) is 0.760. The smallest absolute Gasteiger partial charge is 0.234 e. The highest BCUT2D eigenvalue weighted by molar-refractivity contribution is 5.77. The van der Waals surface area contributed by atoms with E-state index in [9.17, 15) is 4.79 Å². The Morgan fingerprint density at radius 2 is 1.65 bits per heavy atom. The Labute approximate surface area is 123 Å². The van der Waals surface area contributed by atoms with Gasteiger partial charge in [-0.15, -0.1) is 0 Å². The van der Waals surface area contributed by atoms with E-state index in [1.165, 1.54) is 38.8 Å². The molecule has 0 saturated carbocycles. The minimum Gasteiger partial charge on any atom is -0.354 e. The molecule has 2 saturated heterocycles. The molecule has 0 aromatic rings. The fraction of sp³-hybridized carbons (Fsp3) is 0.933. The van der Waals surface area contributed by atoms with E-state index in [1.807, 2.05) is 0 Å². The molecule has 2 heterocycles. The van der Waals surface area contributed by atoms with Gasteiger partial charge in [-0.25, -0.2) is 0 Å². The molecule has 0 spiro atoms. The molecule has 0 unspecified atom stereocenters. The third-order valence-electron chi connectivity index (χ3n) is 4.25. The van der Waals surface area contributed by atoms with Crippen LogP contribution in [0.5, 0.6) is 0 Å². The second kappa shape index (κ2) is 9.32. The van der Waals surface area contributed by atoms with Crippen molar-refractivity contribution < 1.29 is 4.79 Å². The van der Waals surface area contributed by atoms with Gasteiger partial charge >= 0.3 is 0 Å². The first-order valence-corrected chi connectivity index (χ1v) is 8.27. The number of hydrogen-bond donors (Lipinski definition) is 2. The maximum absolute atomic E-state index is 11.9. The number of hydrogen-bond acceptors (Lipinski definition) is 4. The first-order valence-electron chi connectivity index (χ1n) is 8.27. The number of carbonyl (C=O) groups excluding carboxylic acids is 1. The van der Waals surface area contributed by atoms with Gasteiger partial charge in [0.1, 0.15) is 0 Å². The van der Waals surface area contributed by atoms with Crippen molar-refractivity contribution in [2.45, 2.75) is 32.1 Å². The van der Waals surface area contributed by atoms with Crippen molar-refractivity contribution in [2.75, 3.05) is 58.9 Å². The van der Waals surface area contributed by atoms with Crippen LogP contribution in [0.2, 0.25) is 0 Å². The zero-order valence-electron chi connectivity index (χ0n) is 12.7.